The number of carbonyl (C=O) groups is 2. The first kappa shape index (κ1) is 14.5. The summed E-state index contributed by atoms with van der Waals surface area (Å²) in [4.78, 5) is 25.6. The van der Waals surface area contributed by atoms with E-state index < -0.39 is 0 Å². The maximum Gasteiger partial charge on any atom is 0.253 e. The van der Waals surface area contributed by atoms with Gasteiger partial charge in [-0.15, -0.1) is 0 Å². The van der Waals surface area contributed by atoms with Gasteiger partial charge in [0.25, 0.3) is 11.8 Å². The number of carbonyl (C=O) groups excluding carboxylic acids is 2. The third-order valence-corrected chi connectivity index (χ3v) is 7.14. The van der Waals surface area contributed by atoms with Crippen LogP contribution in [-0.2, 0) is 9.59 Å². The van der Waals surface area contributed by atoms with Crippen LogP contribution in [0.5, 0.6) is 0 Å². The van der Waals surface area contributed by atoms with Gasteiger partial charge in [0, 0.05) is 18.2 Å². The van der Waals surface area contributed by atoms with Crippen molar-refractivity contribution in [2.45, 2.75) is 64.3 Å². The van der Waals surface area contributed by atoms with Crippen LogP contribution in [0.15, 0.2) is 12.2 Å². The van der Waals surface area contributed by atoms with Crippen LogP contribution < -0.4 is 0 Å². The zero-order valence-corrected chi connectivity index (χ0v) is 13.5. The Hall–Kier alpha value is -1.12. The van der Waals surface area contributed by atoms with Crippen LogP contribution in [0.3, 0.4) is 0 Å². The lowest BCUT2D eigenvalue weighted by molar-refractivity contribution is -0.141. The molecular formula is C19H27NO2. The molecule has 3 fully saturated rings. The van der Waals surface area contributed by atoms with Crippen LogP contribution in [0.25, 0.3) is 0 Å². The molecular weight excluding hydrogens is 274 g/mol. The highest BCUT2D eigenvalue weighted by Crippen LogP contribution is 2.56. The first-order valence-corrected chi connectivity index (χ1v) is 9.22. The van der Waals surface area contributed by atoms with Gasteiger partial charge in [0.05, 0.1) is 0 Å². The van der Waals surface area contributed by atoms with E-state index >= 15 is 0 Å². The minimum atomic E-state index is -0.102. The highest BCUT2D eigenvalue weighted by Gasteiger charge is 2.50. The molecule has 1 aliphatic heterocycles. The molecule has 0 aromatic rings. The summed E-state index contributed by atoms with van der Waals surface area (Å²) in [5.41, 5.74) is 0. The maximum absolute atomic E-state index is 12.0. The van der Waals surface area contributed by atoms with Gasteiger partial charge in [0.1, 0.15) is 0 Å². The summed E-state index contributed by atoms with van der Waals surface area (Å²) in [6, 6.07) is 0.0722. The number of imide groups is 1. The average molecular weight is 301 g/mol. The topological polar surface area (TPSA) is 37.4 Å². The summed E-state index contributed by atoms with van der Waals surface area (Å²) in [5, 5.41) is 0. The van der Waals surface area contributed by atoms with Crippen molar-refractivity contribution in [3.63, 3.8) is 0 Å². The molecule has 0 N–H and O–H groups in total. The second-order valence-corrected chi connectivity index (χ2v) is 7.99. The third kappa shape index (κ3) is 2.16. The molecule has 3 aliphatic carbocycles. The van der Waals surface area contributed by atoms with E-state index in [1.54, 1.807) is 0 Å². The van der Waals surface area contributed by atoms with Gasteiger partial charge in [-0.25, -0.2) is 0 Å². The maximum atomic E-state index is 12.0. The minimum absolute atomic E-state index is 0.0722. The van der Waals surface area contributed by atoms with E-state index in [-0.39, 0.29) is 17.9 Å². The van der Waals surface area contributed by atoms with Crippen LogP contribution in [0.4, 0.5) is 0 Å². The summed E-state index contributed by atoms with van der Waals surface area (Å²) in [7, 11) is 0. The van der Waals surface area contributed by atoms with Gasteiger partial charge in [0.2, 0.25) is 0 Å². The van der Waals surface area contributed by atoms with Crippen molar-refractivity contribution in [1.82, 2.24) is 4.90 Å². The van der Waals surface area contributed by atoms with Crippen molar-refractivity contribution in [2.75, 3.05) is 0 Å². The highest BCUT2D eigenvalue weighted by atomic mass is 16.2. The molecule has 22 heavy (non-hydrogen) atoms. The lowest BCUT2D eigenvalue weighted by atomic mass is 9.68. The molecule has 1 heterocycles. The second-order valence-electron chi connectivity index (χ2n) is 7.99. The number of amides is 2. The lowest BCUT2D eigenvalue weighted by Crippen LogP contribution is -2.46. The fourth-order valence-corrected chi connectivity index (χ4v) is 6.26. The van der Waals surface area contributed by atoms with Gasteiger partial charge in [-0.2, -0.15) is 0 Å². The monoisotopic (exact) mass is 301 g/mol. The highest BCUT2D eigenvalue weighted by molar-refractivity contribution is 6.13. The molecule has 4 aliphatic rings. The zero-order valence-electron chi connectivity index (χ0n) is 13.5. The molecule has 0 aromatic carbocycles. The van der Waals surface area contributed by atoms with Crippen LogP contribution in [-0.4, -0.2) is 22.8 Å². The molecule has 4 rings (SSSR count). The predicted octanol–water partition coefficient (Wildman–Crippen LogP) is 3.54. The van der Waals surface area contributed by atoms with Crippen molar-refractivity contribution in [2.24, 2.45) is 29.6 Å². The van der Waals surface area contributed by atoms with E-state index in [1.165, 1.54) is 68.4 Å². The number of nitrogens with zero attached hydrogens (tertiary/aromatic N) is 1. The minimum Gasteiger partial charge on any atom is -0.272 e. The van der Waals surface area contributed by atoms with Crippen molar-refractivity contribution in [1.29, 1.82) is 0 Å². The van der Waals surface area contributed by atoms with Crippen LogP contribution >= 0.6 is 0 Å². The molecule has 6 unspecified atom stereocenters. The number of fused-ring (bicyclic) bond motifs is 3. The summed E-state index contributed by atoms with van der Waals surface area (Å²) in [6.45, 7) is 2.11. The zero-order chi connectivity index (χ0) is 15.3. The second kappa shape index (κ2) is 5.50. The van der Waals surface area contributed by atoms with Gasteiger partial charge in [-0.1, -0.05) is 25.7 Å². The Bertz CT molecular complexity index is 494. The molecule has 3 saturated carbocycles. The van der Waals surface area contributed by atoms with Gasteiger partial charge in [-0.3, -0.25) is 14.5 Å². The van der Waals surface area contributed by atoms with E-state index in [0.29, 0.717) is 5.92 Å². The van der Waals surface area contributed by atoms with Gasteiger partial charge >= 0.3 is 0 Å². The smallest absolute Gasteiger partial charge is 0.253 e. The molecule has 6 atom stereocenters. The first-order chi connectivity index (χ1) is 10.7. The quantitative estimate of drug-likeness (QED) is 0.732. The van der Waals surface area contributed by atoms with Crippen molar-refractivity contribution < 1.29 is 9.59 Å². The van der Waals surface area contributed by atoms with Crippen molar-refractivity contribution in [3.8, 4) is 0 Å². The summed E-state index contributed by atoms with van der Waals surface area (Å²) >= 11 is 0. The van der Waals surface area contributed by atoms with Gasteiger partial charge in [0.15, 0.2) is 0 Å². The Labute approximate surface area is 133 Å². The van der Waals surface area contributed by atoms with E-state index in [9.17, 15) is 9.59 Å². The van der Waals surface area contributed by atoms with Crippen LogP contribution in [0.2, 0.25) is 0 Å². The Kier molecular flexibility index (Phi) is 3.62. The first-order valence-electron chi connectivity index (χ1n) is 9.22. The normalized spacial score (nSPS) is 42.4. The molecule has 0 bridgehead atoms. The summed E-state index contributed by atoms with van der Waals surface area (Å²) in [5.74, 6) is 3.81. The van der Waals surface area contributed by atoms with E-state index in [2.05, 4.69) is 6.92 Å². The number of hydrogen-bond donors (Lipinski definition) is 0. The largest absolute Gasteiger partial charge is 0.272 e. The number of rotatable bonds is 2. The van der Waals surface area contributed by atoms with Crippen LogP contribution in [0, 0.1) is 29.6 Å². The lowest BCUT2D eigenvalue weighted by Gasteiger charge is -2.41. The van der Waals surface area contributed by atoms with E-state index in [4.69, 9.17) is 0 Å². The molecule has 0 spiro atoms. The molecule has 2 amide bonds. The molecule has 3 nitrogen and oxygen atoms in total. The predicted molar refractivity (Wildman–Crippen MR) is 84.8 cm³/mol. The standard InChI is InChI=1S/C19H27NO2/c1-12(20-18(21)9-10-19(20)22)14-7-4-8-16-15-6-3-2-5-13(15)11-17(14)16/h9-10,12-17H,2-8,11H2,1H3. The van der Waals surface area contributed by atoms with Crippen molar-refractivity contribution in [3.05, 3.63) is 12.2 Å². The van der Waals surface area contributed by atoms with E-state index in [1.807, 2.05) is 0 Å². The van der Waals surface area contributed by atoms with Crippen molar-refractivity contribution >= 4 is 11.8 Å². The Morgan fingerprint density at radius 1 is 0.909 bits per heavy atom. The molecule has 120 valence electrons. The average Bonchev–Trinajstić information content (AvgIpc) is 3.06. The molecule has 0 radical (unpaired) electrons. The van der Waals surface area contributed by atoms with Gasteiger partial charge in [-0.05, 0) is 62.2 Å². The molecule has 3 heteroatoms. The number of hydrogen-bond acceptors (Lipinski definition) is 2. The third-order valence-electron chi connectivity index (χ3n) is 7.14. The Morgan fingerprint density at radius 2 is 1.59 bits per heavy atom. The summed E-state index contributed by atoms with van der Waals surface area (Å²) in [6.07, 6.45) is 13.8. The SMILES string of the molecule is CC(C1CCCC2C3CCCCC3CC21)N1C(=O)C=CC1=O. The van der Waals surface area contributed by atoms with Gasteiger partial charge < -0.3 is 0 Å². The van der Waals surface area contributed by atoms with E-state index in [0.717, 1.165) is 23.7 Å². The molecule has 0 aromatic heterocycles. The summed E-state index contributed by atoms with van der Waals surface area (Å²) < 4.78 is 0. The molecule has 0 saturated heterocycles. The Morgan fingerprint density at radius 3 is 2.36 bits per heavy atom. The Balaban J connectivity index is 1.54. The fraction of sp³-hybridized carbons (Fsp3) is 0.789. The van der Waals surface area contributed by atoms with Crippen LogP contribution in [0.1, 0.15) is 58.3 Å². The fourth-order valence-electron chi connectivity index (χ4n) is 6.26.